The van der Waals surface area contributed by atoms with Crippen molar-refractivity contribution in [1.82, 2.24) is 15.2 Å². The Hall–Kier alpha value is -3.34. The van der Waals surface area contributed by atoms with E-state index in [-0.39, 0.29) is 11.8 Å². The molecule has 0 saturated heterocycles. The molecule has 5 nitrogen and oxygen atoms in total. The average Bonchev–Trinajstić information content (AvgIpc) is 3.49. The maximum atomic E-state index is 12.7. The van der Waals surface area contributed by atoms with Crippen LogP contribution in [0.5, 0.6) is 0 Å². The maximum Gasteiger partial charge on any atom is 0.251 e. The van der Waals surface area contributed by atoms with Crippen LogP contribution in [0.4, 0.5) is 0 Å². The molecule has 1 aliphatic carbocycles. The number of H-pyrrole nitrogens is 1. The molecule has 1 aliphatic heterocycles. The van der Waals surface area contributed by atoms with Crippen molar-refractivity contribution in [1.29, 1.82) is 0 Å². The Balaban J connectivity index is 1.25. The number of aromatic nitrogens is 1. The van der Waals surface area contributed by atoms with Crippen LogP contribution in [-0.2, 0) is 17.8 Å². The van der Waals surface area contributed by atoms with Crippen LogP contribution in [0.15, 0.2) is 54.6 Å². The van der Waals surface area contributed by atoms with E-state index in [0.29, 0.717) is 24.7 Å². The molecule has 5 heteroatoms. The highest BCUT2D eigenvalue weighted by molar-refractivity contribution is 5.95. The fourth-order valence-corrected chi connectivity index (χ4v) is 3.87. The minimum absolute atomic E-state index is 0.0106. The molecule has 2 heterocycles. The quantitative estimate of drug-likeness (QED) is 0.673. The first kappa shape index (κ1) is 17.7. The summed E-state index contributed by atoms with van der Waals surface area (Å²) in [7, 11) is 0. The van der Waals surface area contributed by atoms with E-state index in [2.05, 4.69) is 22.4 Å². The molecule has 0 bridgehead atoms. The van der Waals surface area contributed by atoms with Crippen molar-refractivity contribution in [2.75, 3.05) is 6.54 Å². The lowest BCUT2D eigenvalue weighted by Crippen LogP contribution is -2.34. The normalized spacial score (nSPS) is 16.2. The molecule has 0 atom stereocenters. The number of amides is 2. The number of hydrogen-bond acceptors (Lipinski definition) is 2. The monoisotopic (exact) mass is 385 g/mol. The summed E-state index contributed by atoms with van der Waals surface area (Å²) in [5.41, 5.74) is 5.15. The molecule has 0 unspecified atom stereocenters. The fraction of sp³-hybridized carbons (Fsp3) is 0.250. The number of para-hydroxylation sites is 1. The summed E-state index contributed by atoms with van der Waals surface area (Å²) < 4.78 is 0. The Kier molecular flexibility index (Phi) is 4.43. The smallest absolute Gasteiger partial charge is 0.251 e. The van der Waals surface area contributed by atoms with E-state index in [1.165, 1.54) is 16.6 Å². The number of nitrogens with one attached hydrogen (secondary N) is 2. The molecule has 29 heavy (non-hydrogen) atoms. The summed E-state index contributed by atoms with van der Waals surface area (Å²) in [4.78, 5) is 30.1. The lowest BCUT2D eigenvalue weighted by molar-refractivity contribution is -0.126. The van der Waals surface area contributed by atoms with Gasteiger partial charge < -0.3 is 15.2 Å². The molecular weight excluding hydrogens is 362 g/mol. The van der Waals surface area contributed by atoms with E-state index in [0.717, 1.165) is 30.3 Å². The summed E-state index contributed by atoms with van der Waals surface area (Å²) in [6.07, 6.45) is 6.43. The number of hydrogen-bond donors (Lipinski definition) is 2. The minimum atomic E-state index is -0.0260. The molecule has 1 saturated carbocycles. The lowest BCUT2D eigenvalue weighted by Gasteiger charge is -2.26. The van der Waals surface area contributed by atoms with Gasteiger partial charge in [-0.05, 0) is 42.7 Å². The zero-order valence-corrected chi connectivity index (χ0v) is 16.2. The first-order valence-corrected chi connectivity index (χ1v) is 10.1. The molecule has 3 aromatic rings. The Morgan fingerprint density at radius 2 is 1.86 bits per heavy atom. The van der Waals surface area contributed by atoms with Gasteiger partial charge in [-0.25, -0.2) is 0 Å². The first-order valence-electron chi connectivity index (χ1n) is 10.1. The predicted octanol–water partition coefficient (Wildman–Crippen LogP) is 3.66. The fourth-order valence-electron chi connectivity index (χ4n) is 3.87. The number of nitrogens with zero attached hydrogens (tertiary/aromatic N) is 1. The van der Waals surface area contributed by atoms with Gasteiger partial charge in [-0.1, -0.05) is 30.3 Å². The van der Waals surface area contributed by atoms with Crippen molar-refractivity contribution in [3.8, 4) is 0 Å². The van der Waals surface area contributed by atoms with E-state index >= 15 is 0 Å². The number of fused-ring (bicyclic) bond motifs is 3. The van der Waals surface area contributed by atoms with E-state index in [9.17, 15) is 9.59 Å². The van der Waals surface area contributed by atoms with E-state index in [1.807, 2.05) is 35.2 Å². The molecular formula is C24H23N3O2. The van der Waals surface area contributed by atoms with Gasteiger partial charge in [-0.3, -0.25) is 9.59 Å². The van der Waals surface area contributed by atoms with Crippen LogP contribution in [0.25, 0.3) is 17.0 Å². The Bertz CT molecular complexity index is 1110. The summed E-state index contributed by atoms with van der Waals surface area (Å²) in [6, 6.07) is 16.0. The van der Waals surface area contributed by atoms with Crippen molar-refractivity contribution in [3.63, 3.8) is 0 Å². The van der Waals surface area contributed by atoms with Gasteiger partial charge in [0.1, 0.15) is 0 Å². The molecule has 2 N–H and O–H groups in total. The second kappa shape index (κ2) is 7.24. The number of rotatable bonds is 4. The van der Waals surface area contributed by atoms with Gasteiger partial charge in [0, 0.05) is 59.4 Å². The van der Waals surface area contributed by atoms with Crippen LogP contribution < -0.4 is 5.32 Å². The highest BCUT2D eigenvalue weighted by Gasteiger charge is 2.24. The number of carbonyl (C=O) groups excluding carboxylic acids is 2. The minimum Gasteiger partial charge on any atom is -0.358 e. The Labute approximate surface area is 169 Å². The standard InChI is InChI=1S/C24H23N3O2/c28-23(12-7-16-5-8-17(9-6-16)24(29)25-18-10-11-18)27-14-13-22-20(15-27)19-3-1-2-4-21(19)26-22/h1-9,12,18,26H,10-11,13-15H2,(H,25,29)/b12-7+. The molecule has 2 aliphatic rings. The third-order valence-electron chi connectivity index (χ3n) is 5.70. The lowest BCUT2D eigenvalue weighted by atomic mass is 10.0. The molecule has 0 spiro atoms. The molecule has 2 amide bonds. The molecule has 146 valence electrons. The summed E-state index contributed by atoms with van der Waals surface area (Å²) in [6.45, 7) is 1.34. The van der Waals surface area contributed by atoms with Crippen molar-refractivity contribution >= 4 is 28.8 Å². The van der Waals surface area contributed by atoms with Gasteiger partial charge in [-0.2, -0.15) is 0 Å². The molecule has 5 rings (SSSR count). The molecule has 0 radical (unpaired) electrons. The Morgan fingerprint density at radius 3 is 2.66 bits per heavy atom. The first-order chi connectivity index (χ1) is 14.2. The topological polar surface area (TPSA) is 65.2 Å². The van der Waals surface area contributed by atoms with Crippen LogP contribution in [0.1, 0.15) is 40.0 Å². The van der Waals surface area contributed by atoms with Crippen LogP contribution in [0.3, 0.4) is 0 Å². The number of carbonyl (C=O) groups is 2. The van der Waals surface area contributed by atoms with Gasteiger partial charge in [0.05, 0.1) is 0 Å². The highest BCUT2D eigenvalue weighted by atomic mass is 16.2. The predicted molar refractivity (Wildman–Crippen MR) is 113 cm³/mol. The van der Waals surface area contributed by atoms with Crippen molar-refractivity contribution in [2.45, 2.75) is 31.8 Å². The van der Waals surface area contributed by atoms with Crippen LogP contribution in [0, 0.1) is 0 Å². The van der Waals surface area contributed by atoms with Gasteiger partial charge in [0.25, 0.3) is 5.91 Å². The number of benzene rings is 2. The summed E-state index contributed by atoms with van der Waals surface area (Å²) in [5.74, 6) is -0.0153. The van der Waals surface area contributed by atoms with E-state index in [4.69, 9.17) is 0 Å². The van der Waals surface area contributed by atoms with E-state index < -0.39 is 0 Å². The van der Waals surface area contributed by atoms with Crippen LogP contribution in [-0.4, -0.2) is 34.3 Å². The van der Waals surface area contributed by atoms with E-state index in [1.54, 1.807) is 18.2 Å². The third kappa shape index (κ3) is 3.68. The summed E-state index contributed by atoms with van der Waals surface area (Å²) >= 11 is 0. The van der Waals surface area contributed by atoms with Crippen molar-refractivity contribution in [2.24, 2.45) is 0 Å². The second-order valence-corrected chi connectivity index (χ2v) is 7.84. The van der Waals surface area contributed by atoms with Gasteiger partial charge in [-0.15, -0.1) is 0 Å². The zero-order valence-electron chi connectivity index (χ0n) is 16.2. The highest BCUT2D eigenvalue weighted by Crippen LogP contribution is 2.27. The average molecular weight is 385 g/mol. The van der Waals surface area contributed by atoms with Crippen LogP contribution >= 0.6 is 0 Å². The van der Waals surface area contributed by atoms with Gasteiger partial charge in [0.15, 0.2) is 0 Å². The van der Waals surface area contributed by atoms with Gasteiger partial charge in [0.2, 0.25) is 5.91 Å². The van der Waals surface area contributed by atoms with Gasteiger partial charge >= 0.3 is 0 Å². The van der Waals surface area contributed by atoms with Crippen molar-refractivity contribution < 1.29 is 9.59 Å². The molecule has 2 aromatic carbocycles. The van der Waals surface area contributed by atoms with Crippen LogP contribution in [0.2, 0.25) is 0 Å². The Morgan fingerprint density at radius 1 is 1.07 bits per heavy atom. The summed E-state index contributed by atoms with van der Waals surface area (Å²) in [5, 5.41) is 4.18. The maximum absolute atomic E-state index is 12.7. The number of aromatic amines is 1. The SMILES string of the molecule is O=C(NC1CC1)c1ccc(/C=C/C(=O)N2CCc3[nH]c4ccccc4c3C2)cc1. The molecule has 1 aromatic heterocycles. The zero-order chi connectivity index (χ0) is 19.8. The molecule has 1 fully saturated rings. The second-order valence-electron chi connectivity index (χ2n) is 7.84. The largest absolute Gasteiger partial charge is 0.358 e. The van der Waals surface area contributed by atoms with Crippen molar-refractivity contribution in [3.05, 3.63) is 77.0 Å². The third-order valence-corrected chi connectivity index (χ3v) is 5.70.